The van der Waals surface area contributed by atoms with E-state index >= 15 is 0 Å². The molecule has 0 radical (unpaired) electrons. The molecule has 6 heteroatoms. The molecule has 0 saturated carbocycles. The molecular formula is C13H13ClFN3O. The molecule has 0 saturated heterocycles. The lowest BCUT2D eigenvalue weighted by Gasteiger charge is -2.17. The number of hydrogen-bond donors (Lipinski definition) is 1. The minimum absolute atomic E-state index is 0.209. The molecule has 4 nitrogen and oxygen atoms in total. The van der Waals surface area contributed by atoms with Crippen molar-refractivity contribution in [1.82, 2.24) is 9.97 Å². The second kappa shape index (κ2) is 5.84. The van der Waals surface area contributed by atoms with Gasteiger partial charge >= 0.3 is 0 Å². The molecular weight excluding hydrogens is 269 g/mol. The summed E-state index contributed by atoms with van der Waals surface area (Å²) in [7, 11) is 1.48. The van der Waals surface area contributed by atoms with Crippen LogP contribution in [0.3, 0.4) is 0 Å². The van der Waals surface area contributed by atoms with Crippen molar-refractivity contribution in [2.45, 2.75) is 13.0 Å². The maximum atomic E-state index is 13.7. The van der Waals surface area contributed by atoms with Gasteiger partial charge in [-0.05, 0) is 13.0 Å². The Bertz CT molecular complexity index is 580. The zero-order chi connectivity index (χ0) is 13.8. The predicted molar refractivity (Wildman–Crippen MR) is 72.0 cm³/mol. The fraction of sp³-hybridized carbons (Fsp3) is 0.231. The molecule has 0 amide bonds. The Hall–Kier alpha value is -1.88. The number of anilines is 1. The summed E-state index contributed by atoms with van der Waals surface area (Å²) in [5, 5.41) is 3.27. The molecule has 1 aromatic heterocycles. The van der Waals surface area contributed by atoms with E-state index < -0.39 is 0 Å². The van der Waals surface area contributed by atoms with E-state index in [0.717, 1.165) is 0 Å². The standard InChI is InChI=1S/C13H13ClFN3O/c1-8(9-5-3-4-6-10(9)15)18-13-11(19-2)12(14)16-7-17-13/h3-8H,1-2H3,(H,16,17,18). The van der Waals surface area contributed by atoms with E-state index in [2.05, 4.69) is 15.3 Å². The smallest absolute Gasteiger partial charge is 0.198 e. The van der Waals surface area contributed by atoms with Gasteiger partial charge in [0.25, 0.3) is 0 Å². The molecule has 2 aromatic rings. The minimum atomic E-state index is -0.277. The van der Waals surface area contributed by atoms with E-state index in [-0.39, 0.29) is 17.0 Å². The monoisotopic (exact) mass is 281 g/mol. The maximum Gasteiger partial charge on any atom is 0.198 e. The van der Waals surface area contributed by atoms with Gasteiger partial charge in [0.1, 0.15) is 12.1 Å². The van der Waals surface area contributed by atoms with Gasteiger partial charge in [-0.3, -0.25) is 0 Å². The van der Waals surface area contributed by atoms with Crippen molar-refractivity contribution in [3.05, 3.63) is 47.1 Å². The van der Waals surface area contributed by atoms with Crippen LogP contribution >= 0.6 is 11.6 Å². The topological polar surface area (TPSA) is 47.0 Å². The highest BCUT2D eigenvalue weighted by atomic mass is 35.5. The molecule has 2 rings (SSSR count). The van der Waals surface area contributed by atoms with Crippen molar-refractivity contribution in [2.24, 2.45) is 0 Å². The quantitative estimate of drug-likeness (QED) is 0.872. The first-order valence-corrected chi connectivity index (χ1v) is 6.06. The molecule has 0 spiro atoms. The van der Waals surface area contributed by atoms with Crippen molar-refractivity contribution in [2.75, 3.05) is 12.4 Å². The second-order valence-corrected chi connectivity index (χ2v) is 4.29. The normalized spacial score (nSPS) is 12.0. The molecule has 1 N–H and O–H groups in total. The zero-order valence-electron chi connectivity index (χ0n) is 10.5. The highest BCUT2D eigenvalue weighted by molar-refractivity contribution is 6.31. The lowest BCUT2D eigenvalue weighted by molar-refractivity contribution is 0.412. The van der Waals surface area contributed by atoms with Crippen molar-refractivity contribution < 1.29 is 9.13 Å². The molecule has 1 atom stereocenters. The number of benzene rings is 1. The van der Waals surface area contributed by atoms with Crippen LogP contribution in [0.2, 0.25) is 5.15 Å². The molecule has 0 aliphatic carbocycles. The lowest BCUT2D eigenvalue weighted by atomic mass is 10.1. The average Bonchev–Trinajstić information content (AvgIpc) is 2.39. The summed E-state index contributed by atoms with van der Waals surface area (Å²) < 4.78 is 18.8. The summed E-state index contributed by atoms with van der Waals surface area (Å²) >= 11 is 5.90. The minimum Gasteiger partial charge on any atom is -0.490 e. The third kappa shape index (κ3) is 2.93. The Morgan fingerprint density at radius 2 is 2.05 bits per heavy atom. The van der Waals surface area contributed by atoms with Gasteiger partial charge in [-0.25, -0.2) is 14.4 Å². The van der Waals surface area contributed by atoms with Gasteiger partial charge in [0, 0.05) is 5.56 Å². The van der Waals surface area contributed by atoms with Crippen LogP contribution in [0.15, 0.2) is 30.6 Å². The number of hydrogen-bond acceptors (Lipinski definition) is 4. The van der Waals surface area contributed by atoms with Crippen LogP contribution in [0.4, 0.5) is 10.2 Å². The van der Waals surface area contributed by atoms with Gasteiger partial charge in [-0.2, -0.15) is 0 Å². The van der Waals surface area contributed by atoms with Crippen LogP contribution in [0.1, 0.15) is 18.5 Å². The fourth-order valence-electron chi connectivity index (χ4n) is 1.75. The van der Waals surface area contributed by atoms with E-state index in [4.69, 9.17) is 16.3 Å². The first kappa shape index (κ1) is 13.5. The van der Waals surface area contributed by atoms with Crippen LogP contribution in [-0.2, 0) is 0 Å². The summed E-state index contributed by atoms with van der Waals surface area (Å²) in [5.41, 5.74) is 0.541. The van der Waals surface area contributed by atoms with Crippen LogP contribution < -0.4 is 10.1 Å². The highest BCUT2D eigenvalue weighted by Crippen LogP contribution is 2.31. The zero-order valence-corrected chi connectivity index (χ0v) is 11.3. The summed E-state index contributed by atoms with van der Waals surface area (Å²) in [6, 6.07) is 6.27. The van der Waals surface area contributed by atoms with E-state index in [9.17, 15) is 4.39 Å². The molecule has 0 fully saturated rings. The highest BCUT2D eigenvalue weighted by Gasteiger charge is 2.15. The van der Waals surface area contributed by atoms with Gasteiger partial charge < -0.3 is 10.1 Å². The second-order valence-electron chi connectivity index (χ2n) is 3.93. The summed E-state index contributed by atoms with van der Waals surface area (Å²) in [5.74, 6) is 0.493. The van der Waals surface area contributed by atoms with Gasteiger partial charge in [-0.1, -0.05) is 29.8 Å². The van der Waals surface area contributed by atoms with E-state index in [1.165, 1.54) is 19.5 Å². The van der Waals surface area contributed by atoms with Crippen LogP contribution in [0.5, 0.6) is 5.75 Å². The van der Waals surface area contributed by atoms with Crippen molar-refractivity contribution in [1.29, 1.82) is 0 Å². The Kier molecular flexibility index (Phi) is 4.16. The summed E-state index contributed by atoms with van der Waals surface area (Å²) in [4.78, 5) is 7.87. The maximum absolute atomic E-state index is 13.7. The molecule has 0 bridgehead atoms. The Balaban J connectivity index is 2.27. The van der Waals surface area contributed by atoms with E-state index in [1.807, 2.05) is 6.92 Å². The van der Waals surface area contributed by atoms with Gasteiger partial charge in [-0.15, -0.1) is 0 Å². The Labute approximate surface area is 115 Å². The van der Waals surface area contributed by atoms with Crippen molar-refractivity contribution >= 4 is 17.4 Å². The van der Waals surface area contributed by atoms with Gasteiger partial charge in [0.15, 0.2) is 16.7 Å². The lowest BCUT2D eigenvalue weighted by Crippen LogP contribution is -2.11. The number of ether oxygens (including phenoxy) is 1. The third-order valence-electron chi connectivity index (χ3n) is 2.69. The number of rotatable bonds is 4. The largest absolute Gasteiger partial charge is 0.490 e. The Morgan fingerprint density at radius 3 is 2.74 bits per heavy atom. The summed E-state index contributed by atoms with van der Waals surface area (Å²) in [6.07, 6.45) is 1.32. The number of nitrogens with zero attached hydrogens (tertiary/aromatic N) is 2. The Morgan fingerprint density at radius 1 is 1.32 bits per heavy atom. The SMILES string of the molecule is COc1c(Cl)ncnc1NC(C)c1ccccc1F. The van der Waals surface area contributed by atoms with Crippen LogP contribution in [0, 0.1) is 5.82 Å². The number of nitrogens with one attached hydrogen (secondary N) is 1. The average molecular weight is 282 g/mol. The third-order valence-corrected chi connectivity index (χ3v) is 2.96. The van der Waals surface area contributed by atoms with Gasteiger partial charge in [0.05, 0.1) is 13.2 Å². The number of halogens is 2. The first-order chi connectivity index (χ1) is 9.13. The molecule has 1 aromatic carbocycles. The van der Waals surface area contributed by atoms with E-state index in [1.54, 1.807) is 18.2 Å². The molecule has 1 heterocycles. The molecule has 0 aliphatic heterocycles. The van der Waals surface area contributed by atoms with Crippen molar-refractivity contribution in [3.63, 3.8) is 0 Å². The number of methoxy groups -OCH3 is 1. The van der Waals surface area contributed by atoms with Crippen LogP contribution in [-0.4, -0.2) is 17.1 Å². The molecule has 100 valence electrons. The van der Waals surface area contributed by atoms with Crippen LogP contribution in [0.25, 0.3) is 0 Å². The molecule has 0 aliphatic rings. The molecule has 19 heavy (non-hydrogen) atoms. The van der Waals surface area contributed by atoms with E-state index in [0.29, 0.717) is 17.1 Å². The fourth-order valence-corrected chi connectivity index (χ4v) is 1.96. The predicted octanol–water partition coefficient (Wildman–Crippen LogP) is 3.45. The first-order valence-electron chi connectivity index (χ1n) is 5.69. The van der Waals surface area contributed by atoms with Gasteiger partial charge in [0.2, 0.25) is 0 Å². The van der Waals surface area contributed by atoms with Crippen molar-refractivity contribution in [3.8, 4) is 5.75 Å². The molecule has 1 unspecified atom stereocenters. The number of aromatic nitrogens is 2. The summed E-state index contributed by atoms with van der Waals surface area (Å²) in [6.45, 7) is 1.83.